The van der Waals surface area contributed by atoms with Crippen molar-refractivity contribution in [2.24, 2.45) is 0 Å². The Labute approximate surface area is 201 Å². The van der Waals surface area contributed by atoms with E-state index in [1.54, 1.807) is 0 Å². The van der Waals surface area contributed by atoms with Gasteiger partial charge in [-0.15, -0.1) is 0 Å². The molecule has 0 atom stereocenters. The summed E-state index contributed by atoms with van der Waals surface area (Å²) in [6.07, 6.45) is 3.58. The van der Waals surface area contributed by atoms with E-state index in [9.17, 15) is 0 Å². The van der Waals surface area contributed by atoms with Crippen molar-refractivity contribution in [3.05, 3.63) is 84.1 Å². The molecule has 170 valence electrons. The molecule has 0 saturated heterocycles. The van der Waals surface area contributed by atoms with E-state index < -0.39 is 0 Å². The summed E-state index contributed by atoms with van der Waals surface area (Å²) >= 11 is 1.97. The molecule has 0 aromatic heterocycles. The topological polar surface area (TPSA) is 15.5 Å². The smallest absolute Gasteiger partial charge is 0.236 e. The first-order valence-electron chi connectivity index (χ1n) is 12.0. The molecule has 0 amide bonds. The Kier molecular flexibility index (Phi) is 6.20. The lowest BCUT2D eigenvalue weighted by molar-refractivity contribution is -0.518. The Morgan fingerprint density at radius 1 is 1.03 bits per heavy atom. The summed E-state index contributed by atoms with van der Waals surface area (Å²) in [6, 6.07) is 23.5. The van der Waals surface area contributed by atoms with Gasteiger partial charge in [-0.3, -0.25) is 0 Å². The van der Waals surface area contributed by atoms with Crippen LogP contribution in [0.1, 0.15) is 32.8 Å². The van der Waals surface area contributed by atoms with Gasteiger partial charge in [0, 0.05) is 29.4 Å². The van der Waals surface area contributed by atoms with E-state index in [1.165, 1.54) is 32.8 Å². The molecular formula is C29H33N2OS+. The fourth-order valence-electron chi connectivity index (χ4n) is 5.18. The third-order valence-electron chi connectivity index (χ3n) is 6.76. The molecule has 2 heterocycles. The van der Waals surface area contributed by atoms with Gasteiger partial charge in [0.1, 0.15) is 12.4 Å². The minimum Gasteiger partial charge on any atom is -0.487 e. The highest BCUT2D eigenvalue weighted by atomic mass is 32.2. The molecule has 0 fully saturated rings. The largest absolute Gasteiger partial charge is 0.487 e. The Bertz CT molecular complexity index is 1210. The molecule has 5 rings (SSSR count). The van der Waals surface area contributed by atoms with Crippen LogP contribution in [0.15, 0.2) is 78.5 Å². The molecule has 3 nitrogen and oxygen atoms in total. The molecule has 3 aromatic carbocycles. The van der Waals surface area contributed by atoms with Crippen LogP contribution in [-0.4, -0.2) is 41.6 Å². The minimum absolute atomic E-state index is 0.0479. The normalized spacial score (nSPS) is 18.4. The van der Waals surface area contributed by atoms with Crippen molar-refractivity contribution in [3.8, 4) is 5.75 Å². The summed E-state index contributed by atoms with van der Waals surface area (Å²) in [5.41, 5.74) is 4.19. The number of allylic oxidation sites excluding steroid dienone is 1. The fourth-order valence-corrected chi connectivity index (χ4v) is 6.27. The van der Waals surface area contributed by atoms with Crippen molar-refractivity contribution in [2.45, 2.75) is 32.6 Å². The number of benzene rings is 3. The Morgan fingerprint density at radius 3 is 2.64 bits per heavy atom. The summed E-state index contributed by atoms with van der Waals surface area (Å²) in [4.78, 5) is 2.56. The molecule has 3 aromatic rings. The molecule has 0 spiro atoms. The number of hydrogen-bond acceptors (Lipinski definition) is 3. The van der Waals surface area contributed by atoms with E-state index in [0.717, 1.165) is 37.6 Å². The van der Waals surface area contributed by atoms with Crippen LogP contribution in [-0.2, 0) is 5.41 Å². The quantitative estimate of drug-likeness (QED) is 0.378. The summed E-state index contributed by atoms with van der Waals surface area (Å²) < 4.78 is 8.48. The second kappa shape index (κ2) is 9.26. The van der Waals surface area contributed by atoms with Crippen LogP contribution >= 0.6 is 11.8 Å². The van der Waals surface area contributed by atoms with Crippen molar-refractivity contribution in [1.82, 2.24) is 0 Å². The zero-order valence-electron chi connectivity index (χ0n) is 19.9. The summed E-state index contributed by atoms with van der Waals surface area (Å²) in [5, 5.41) is 4.07. The average molecular weight is 458 g/mol. The van der Waals surface area contributed by atoms with Crippen molar-refractivity contribution in [3.63, 3.8) is 0 Å². The highest BCUT2D eigenvalue weighted by Gasteiger charge is 2.42. The average Bonchev–Trinajstić information content (AvgIpc) is 3.36. The molecule has 0 N–H and O–H groups in total. The van der Waals surface area contributed by atoms with E-state index in [1.807, 2.05) is 42.1 Å². The van der Waals surface area contributed by atoms with Gasteiger partial charge in [-0.1, -0.05) is 81.1 Å². The molecule has 0 unspecified atom stereocenters. The second-order valence-corrected chi connectivity index (χ2v) is 10.4. The van der Waals surface area contributed by atoms with Crippen LogP contribution in [0.25, 0.3) is 10.8 Å². The standard InChI is InChI=1S/C29H33N2OS/c1-4-16-31-25-15-14-22-10-8-9-13-24(22)28(25)29(2,3)26(31)21-27-30(18-20-33-27)17-19-32-23-11-6-5-7-12-23/h5-15,21H,4,16-20H2,1-3H3/q+1. The maximum Gasteiger partial charge on any atom is 0.236 e. The summed E-state index contributed by atoms with van der Waals surface area (Å²) in [7, 11) is 0. The third kappa shape index (κ3) is 4.17. The lowest BCUT2D eigenvalue weighted by Gasteiger charge is -2.26. The minimum atomic E-state index is -0.0479. The van der Waals surface area contributed by atoms with Crippen LogP contribution in [0.2, 0.25) is 0 Å². The predicted octanol–water partition coefficient (Wildman–Crippen LogP) is 6.47. The Morgan fingerprint density at radius 2 is 1.82 bits per heavy atom. The SMILES string of the molecule is CCCN1C(=CC2=[N+](CCOc3ccccc3)CCS2)C(C)(C)c2c1ccc1ccccc21. The molecule has 2 aliphatic heterocycles. The van der Waals surface area contributed by atoms with Gasteiger partial charge in [-0.25, -0.2) is 4.58 Å². The number of ether oxygens (including phenoxy) is 1. The van der Waals surface area contributed by atoms with Crippen molar-refractivity contribution in [2.75, 3.05) is 36.9 Å². The Hall–Kier alpha value is -2.72. The van der Waals surface area contributed by atoms with Gasteiger partial charge in [0.2, 0.25) is 5.04 Å². The van der Waals surface area contributed by atoms with E-state index >= 15 is 0 Å². The number of nitrogens with zero attached hydrogens (tertiary/aromatic N) is 2. The molecule has 4 heteroatoms. The highest BCUT2D eigenvalue weighted by Crippen LogP contribution is 2.50. The van der Waals surface area contributed by atoms with E-state index in [-0.39, 0.29) is 5.41 Å². The third-order valence-corrected chi connectivity index (χ3v) is 7.82. The molecular weight excluding hydrogens is 424 g/mol. The molecule has 0 bridgehead atoms. The fraction of sp³-hybridized carbons (Fsp3) is 0.345. The van der Waals surface area contributed by atoms with E-state index in [0.29, 0.717) is 6.61 Å². The maximum atomic E-state index is 5.99. The van der Waals surface area contributed by atoms with Crippen LogP contribution in [0.4, 0.5) is 5.69 Å². The first kappa shape index (κ1) is 22.1. The number of anilines is 1. The number of rotatable bonds is 7. The molecule has 33 heavy (non-hydrogen) atoms. The van der Waals surface area contributed by atoms with Gasteiger partial charge >= 0.3 is 0 Å². The molecule has 0 radical (unpaired) electrons. The van der Waals surface area contributed by atoms with Crippen LogP contribution in [0.5, 0.6) is 5.75 Å². The summed E-state index contributed by atoms with van der Waals surface area (Å²) in [6.45, 7) is 10.8. The highest BCUT2D eigenvalue weighted by molar-refractivity contribution is 8.14. The van der Waals surface area contributed by atoms with Gasteiger partial charge in [0.25, 0.3) is 0 Å². The van der Waals surface area contributed by atoms with Crippen LogP contribution in [0, 0.1) is 0 Å². The monoisotopic (exact) mass is 457 g/mol. The number of hydrogen-bond donors (Lipinski definition) is 0. The Balaban J connectivity index is 1.49. The zero-order valence-corrected chi connectivity index (χ0v) is 20.7. The number of para-hydroxylation sites is 1. The molecule has 0 aliphatic carbocycles. The lowest BCUT2D eigenvalue weighted by Crippen LogP contribution is -2.28. The zero-order chi connectivity index (χ0) is 22.8. The first-order chi connectivity index (χ1) is 16.1. The molecule has 0 saturated carbocycles. The van der Waals surface area contributed by atoms with Crippen molar-refractivity contribution in [1.29, 1.82) is 0 Å². The van der Waals surface area contributed by atoms with Gasteiger partial charge in [0.05, 0.1) is 5.75 Å². The second-order valence-electron chi connectivity index (χ2n) is 9.32. The summed E-state index contributed by atoms with van der Waals surface area (Å²) in [5.74, 6) is 2.08. The van der Waals surface area contributed by atoms with Crippen molar-refractivity contribution < 1.29 is 9.31 Å². The van der Waals surface area contributed by atoms with Gasteiger partial charge in [0.15, 0.2) is 13.1 Å². The number of thioether (sulfide) groups is 1. The molecule has 2 aliphatic rings. The first-order valence-corrected chi connectivity index (χ1v) is 13.0. The predicted molar refractivity (Wildman–Crippen MR) is 142 cm³/mol. The van der Waals surface area contributed by atoms with E-state index in [2.05, 4.69) is 72.7 Å². The lowest BCUT2D eigenvalue weighted by atomic mass is 9.81. The van der Waals surface area contributed by atoms with Gasteiger partial charge < -0.3 is 9.64 Å². The maximum absolute atomic E-state index is 5.99. The van der Waals surface area contributed by atoms with Gasteiger partial charge in [-0.2, -0.15) is 0 Å². The number of fused-ring (bicyclic) bond motifs is 3. The van der Waals surface area contributed by atoms with Gasteiger partial charge in [-0.05, 0) is 41.0 Å². The van der Waals surface area contributed by atoms with Crippen LogP contribution in [0.3, 0.4) is 0 Å². The van der Waals surface area contributed by atoms with E-state index in [4.69, 9.17) is 4.74 Å². The van der Waals surface area contributed by atoms with Crippen LogP contribution < -0.4 is 9.64 Å². The van der Waals surface area contributed by atoms with Crippen molar-refractivity contribution >= 4 is 33.3 Å².